The number of fused-ring (bicyclic) bond motifs is 4. The summed E-state index contributed by atoms with van der Waals surface area (Å²) >= 11 is 0. The van der Waals surface area contributed by atoms with Gasteiger partial charge in [0.15, 0.2) is 0 Å². The molecule has 0 saturated carbocycles. The first-order valence-electron chi connectivity index (χ1n) is 5.22. The molecule has 2 aliphatic heterocycles. The maximum Gasteiger partial charge on any atom is 0.302 e. The quantitative estimate of drug-likeness (QED) is 0.702. The Morgan fingerprint density at radius 2 is 2.50 bits per heavy atom. The fourth-order valence-electron chi connectivity index (χ4n) is 2.14. The Morgan fingerprint density at radius 1 is 1.69 bits per heavy atom. The van der Waals surface area contributed by atoms with Crippen molar-refractivity contribution in [1.29, 1.82) is 0 Å². The number of hydrogen-bond donors (Lipinski definition) is 1. The minimum atomic E-state index is -0.331. The second kappa shape index (κ2) is 3.29. The Balaban J connectivity index is 2.06. The van der Waals surface area contributed by atoms with Gasteiger partial charge in [-0.1, -0.05) is 0 Å². The molecule has 0 aromatic carbocycles. The number of hydrogen-bond acceptors (Lipinski definition) is 5. The molecule has 0 radical (unpaired) electrons. The lowest BCUT2D eigenvalue weighted by Gasteiger charge is -2.23. The second-order valence-electron chi connectivity index (χ2n) is 4.12. The highest BCUT2D eigenvalue weighted by Crippen LogP contribution is 2.37. The van der Waals surface area contributed by atoms with Crippen molar-refractivity contribution in [2.45, 2.75) is 31.8 Å². The first kappa shape index (κ1) is 9.80. The van der Waals surface area contributed by atoms with E-state index in [-0.39, 0.29) is 36.6 Å². The highest BCUT2D eigenvalue weighted by molar-refractivity contribution is 5.12. The predicted molar refractivity (Wildman–Crippen MR) is 53.3 cm³/mol. The van der Waals surface area contributed by atoms with Crippen LogP contribution in [0, 0.1) is 6.92 Å². The highest BCUT2D eigenvalue weighted by Gasteiger charge is 2.42. The zero-order valence-corrected chi connectivity index (χ0v) is 8.79. The van der Waals surface area contributed by atoms with Crippen molar-refractivity contribution in [3.8, 4) is 6.01 Å². The largest absolute Gasteiger partial charge is 0.458 e. The van der Waals surface area contributed by atoms with E-state index in [2.05, 4.69) is 4.98 Å². The van der Waals surface area contributed by atoms with Gasteiger partial charge in [0, 0.05) is 18.2 Å². The van der Waals surface area contributed by atoms with E-state index in [4.69, 9.17) is 14.6 Å². The molecule has 6 nitrogen and oxygen atoms in total. The van der Waals surface area contributed by atoms with Crippen LogP contribution in [0.4, 0.5) is 0 Å². The van der Waals surface area contributed by atoms with E-state index in [0.29, 0.717) is 12.0 Å². The summed E-state index contributed by atoms with van der Waals surface area (Å²) in [6.07, 6.45) is 1.65. The SMILES string of the molecule is Cc1cn2c(nc1=O)O[C@@H]1C[C@H]2O[C@H]1CO. The molecule has 2 bridgehead atoms. The molecule has 0 aliphatic carbocycles. The fourth-order valence-corrected chi connectivity index (χ4v) is 2.14. The fraction of sp³-hybridized carbons (Fsp3) is 0.600. The Hall–Kier alpha value is -1.40. The molecule has 3 rings (SSSR count). The van der Waals surface area contributed by atoms with Crippen LogP contribution in [-0.2, 0) is 4.74 Å². The summed E-state index contributed by atoms with van der Waals surface area (Å²) < 4.78 is 12.8. The van der Waals surface area contributed by atoms with E-state index in [1.165, 1.54) is 0 Å². The number of rotatable bonds is 1. The van der Waals surface area contributed by atoms with Gasteiger partial charge in [0.25, 0.3) is 5.56 Å². The number of aliphatic hydroxyl groups is 1. The lowest BCUT2D eigenvalue weighted by atomic mass is 10.1. The molecule has 1 aromatic heterocycles. The molecule has 0 unspecified atom stereocenters. The smallest absolute Gasteiger partial charge is 0.302 e. The molecule has 1 aromatic rings. The van der Waals surface area contributed by atoms with Crippen LogP contribution in [0.3, 0.4) is 0 Å². The number of ether oxygens (including phenoxy) is 2. The highest BCUT2D eigenvalue weighted by atomic mass is 16.6. The third-order valence-electron chi connectivity index (χ3n) is 3.02. The lowest BCUT2D eigenvalue weighted by molar-refractivity contribution is -0.0247. The van der Waals surface area contributed by atoms with Crippen molar-refractivity contribution in [3.63, 3.8) is 0 Å². The Kier molecular flexibility index (Phi) is 2.02. The van der Waals surface area contributed by atoms with Crippen LogP contribution in [0.5, 0.6) is 6.01 Å². The van der Waals surface area contributed by atoms with Gasteiger partial charge >= 0.3 is 6.01 Å². The molecule has 1 saturated heterocycles. The van der Waals surface area contributed by atoms with Gasteiger partial charge in [-0.2, -0.15) is 4.98 Å². The number of aliphatic hydroxyl groups excluding tert-OH is 1. The maximum atomic E-state index is 11.4. The molecule has 1 N–H and O–H groups in total. The molecule has 0 spiro atoms. The standard InChI is InChI=1S/C10H12N2O4/c1-5-3-12-8-2-6(7(4-13)15-8)16-10(12)11-9(5)14/h3,6-8,13H,2,4H2,1H3/t6-,7+,8-/m1/s1. The van der Waals surface area contributed by atoms with E-state index < -0.39 is 0 Å². The van der Waals surface area contributed by atoms with Gasteiger partial charge < -0.3 is 14.6 Å². The van der Waals surface area contributed by atoms with E-state index in [9.17, 15) is 4.79 Å². The molecule has 3 atom stereocenters. The normalized spacial score (nSPS) is 31.0. The van der Waals surface area contributed by atoms with Crippen molar-refractivity contribution in [1.82, 2.24) is 9.55 Å². The summed E-state index contributed by atoms with van der Waals surface area (Å²) in [5.74, 6) is 0. The molecule has 0 amide bonds. The average molecular weight is 224 g/mol. The Labute approximate surface area is 91.4 Å². The predicted octanol–water partition coefficient (Wildman–Crippen LogP) is -0.407. The third-order valence-corrected chi connectivity index (χ3v) is 3.02. The van der Waals surface area contributed by atoms with Crippen LogP contribution in [0.25, 0.3) is 0 Å². The van der Waals surface area contributed by atoms with Crippen LogP contribution in [0.15, 0.2) is 11.0 Å². The van der Waals surface area contributed by atoms with Crippen molar-refractivity contribution < 1.29 is 14.6 Å². The van der Waals surface area contributed by atoms with E-state index in [1.54, 1.807) is 17.7 Å². The number of aromatic nitrogens is 2. The van der Waals surface area contributed by atoms with Crippen LogP contribution >= 0.6 is 0 Å². The molecule has 16 heavy (non-hydrogen) atoms. The van der Waals surface area contributed by atoms with E-state index in [0.717, 1.165) is 0 Å². The molecule has 86 valence electrons. The van der Waals surface area contributed by atoms with Crippen molar-refractivity contribution in [2.75, 3.05) is 6.61 Å². The first-order chi connectivity index (χ1) is 7.69. The lowest BCUT2D eigenvalue weighted by Crippen LogP contribution is -2.33. The van der Waals surface area contributed by atoms with Gasteiger partial charge in [-0.05, 0) is 6.92 Å². The topological polar surface area (TPSA) is 73.6 Å². The average Bonchev–Trinajstić information content (AvgIpc) is 2.60. The van der Waals surface area contributed by atoms with Gasteiger partial charge in [-0.15, -0.1) is 0 Å². The Bertz CT molecular complexity index is 484. The Morgan fingerprint density at radius 3 is 3.25 bits per heavy atom. The van der Waals surface area contributed by atoms with Crippen LogP contribution < -0.4 is 10.3 Å². The monoisotopic (exact) mass is 224 g/mol. The van der Waals surface area contributed by atoms with Crippen molar-refractivity contribution >= 4 is 0 Å². The van der Waals surface area contributed by atoms with Gasteiger partial charge in [-0.3, -0.25) is 9.36 Å². The molecule has 3 heterocycles. The van der Waals surface area contributed by atoms with Gasteiger partial charge in [0.1, 0.15) is 18.4 Å². The molecule has 6 heteroatoms. The van der Waals surface area contributed by atoms with E-state index >= 15 is 0 Å². The van der Waals surface area contributed by atoms with E-state index in [1.807, 2.05) is 0 Å². The maximum absolute atomic E-state index is 11.4. The summed E-state index contributed by atoms with van der Waals surface area (Å²) in [7, 11) is 0. The molecule has 1 fully saturated rings. The van der Waals surface area contributed by atoms with Crippen molar-refractivity contribution in [2.24, 2.45) is 0 Å². The van der Waals surface area contributed by atoms with Crippen LogP contribution in [0.1, 0.15) is 18.2 Å². The number of nitrogens with zero attached hydrogens (tertiary/aromatic N) is 2. The minimum Gasteiger partial charge on any atom is -0.458 e. The van der Waals surface area contributed by atoms with Crippen LogP contribution in [0.2, 0.25) is 0 Å². The minimum absolute atomic E-state index is 0.0844. The molecular weight excluding hydrogens is 212 g/mol. The third kappa shape index (κ3) is 1.27. The first-order valence-corrected chi connectivity index (χ1v) is 5.22. The zero-order valence-electron chi connectivity index (χ0n) is 8.79. The van der Waals surface area contributed by atoms with Gasteiger partial charge in [0.2, 0.25) is 0 Å². The summed E-state index contributed by atoms with van der Waals surface area (Å²) in [6, 6.07) is 0.285. The summed E-state index contributed by atoms with van der Waals surface area (Å²) in [5, 5.41) is 9.10. The summed E-state index contributed by atoms with van der Waals surface area (Å²) in [4.78, 5) is 15.2. The number of aryl methyl sites for hydroxylation is 1. The molecule has 2 aliphatic rings. The molecular formula is C10H12N2O4. The second-order valence-corrected chi connectivity index (χ2v) is 4.12. The summed E-state index contributed by atoms with van der Waals surface area (Å²) in [6.45, 7) is 1.62. The zero-order chi connectivity index (χ0) is 11.3. The van der Waals surface area contributed by atoms with Crippen molar-refractivity contribution in [3.05, 3.63) is 22.1 Å². The summed E-state index contributed by atoms with van der Waals surface area (Å²) in [5.41, 5.74) is 0.273. The van der Waals surface area contributed by atoms with Gasteiger partial charge in [-0.25, -0.2) is 0 Å². The van der Waals surface area contributed by atoms with Gasteiger partial charge in [0.05, 0.1) is 6.61 Å². The van der Waals surface area contributed by atoms with Crippen LogP contribution in [-0.4, -0.2) is 33.5 Å².